The summed E-state index contributed by atoms with van der Waals surface area (Å²) < 4.78 is 10.6. The van der Waals surface area contributed by atoms with Gasteiger partial charge in [-0.05, 0) is 19.9 Å². The van der Waals surface area contributed by atoms with Crippen molar-refractivity contribution in [3.05, 3.63) is 28.3 Å². The van der Waals surface area contributed by atoms with E-state index in [-0.39, 0.29) is 5.56 Å². The lowest BCUT2D eigenvalue weighted by atomic mass is 10.2. The van der Waals surface area contributed by atoms with E-state index in [0.717, 1.165) is 0 Å². The number of aromatic amines is 1. The molecule has 1 N–H and O–H groups in total. The standard InChI is InChI=1S/C12H14N2O3/c1-4-17-11-5-8-9(6-10(11)16-3)13-7(2)14-12(8)15/h5-6H,4H2,1-3H3,(H,13,14,15). The lowest BCUT2D eigenvalue weighted by Gasteiger charge is -2.10. The van der Waals surface area contributed by atoms with Crippen LogP contribution in [0.1, 0.15) is 12.7 Å². The number of hydrogen-bond acceptors (Lipinski definition) is 4. The largest absolute Gasteiger partial charge is 0.493 e. The van der Waals surface area contributed by atoms with Gasteiger partial charge in [-0.25, -0.2) is 4.98 Å². The molecule has 2 aromatic rings. The first-order chi connectivity index (χ1) is 8.15. The molecule has 0 saturated carbocycles. The highest BCUT2D eigenvalue weighted by molar-refractivity contribution is 5.81. The fourth-order valence-electron chi connectivity index (χ4n) is 1.69. The summed E-state index contributed by atoms with van der Waals surface area (Å²) in [6.07, 6.45) is 0. The fourth-order valence-corrected chi connectivity index (χ4v) is 1.69. The van der Waals surface area contributed by atoms with Gasteiger partial charge < -0.3 is 14.5 Å². The van der Waals surface area contributed by atoms with E-state index in [4.69, 9.17) is 9.47 Å². The van der Waals surface area contributed by atoms with E-state index < -0.39 is 0 Å². The van der Waals surface area contributed by atoms with Crippen molar-refractivity contribution in [1.29, 1.82) is 0 Å². The molecule has 90 valence electrons. The summed E-state index contributed by atoms with van der Waals surface area (Å²) in [5.41, 5.74) is 0.433. The number of nitrogens with zero attached hydrogens (tertiary/aromatic N) is 1. The zero-order chi connectivity index (χ0) is 12.4. The molecule has 0 saturated heterocycles. The minimum Gasteiger partial charge on any atom is -0.493 e. The predicted molar refractivity (Wildman–Crippen MR) is 64.8 cm³/mol. The van der Waals surface area contributed by atoms with Crippen LogP contribution in [0.2, 0.25) is 0 Å². The minimum absolute atomic E-state index is 0.170. The van der Waals surface area contributed by atoms with Gasteiger partial charge in [0.15, 0.2) is 11.5 Å². The van der Waals surface area contributed by atoms with Crippen molar-refractivity contribution >= 4 is 10.9 Å². The highest BCUT2D eigenvalue weighted by atomic mass is 16.5. The summed E-state index contributed by atoms with van der Waals surface area (Å²) >= 11 is 0. The number of benzene rings is 1. The topological polar surface area (TPSA) is 64.2 Å². The lowest BCUT2D eigenvalue weighted by molar-refractivity contribution is 0.311. The number of hydrogen-bond donors (Lipinski definition) is 1. The molecule has 1 aromatic heterocycles. The Bertz CT molecular complexity index is 604. The van der Waals surface area contributed by atoms with Crippen molar-refractivity contribution in [2.45, 2.75) is 13.8 Å². The Kier molecular flexibility index (Phi) is 2.99. The normalized spacial score (nSPS) is 10.5. The summed E-state index contributed by atoms with van der Waals surface area (Å²) in [6, 6.07) is 3.37. The first kappa shape index (κ1) is 11.4. The van der Waals surface area contributed by atoms with E-state index in [1.165, 1.54) is 0 Å². The van der Waals surface area contributed by atoms with Crippen LogP contribution in [-0.2, 0) is 0 Å². The van der Waals surface area contributed by atoms with Gasteiger partial charge in [0, 0.05) is 6.07 Å². The summed E-state index contributed by atoms with van der Waals surface area (Å²) in [4.78, 5) is 18.7. The Morgan fingerprint density at radius 2 is 2.12 bits per heavy atom. The molecule has 0 fully saturated rings. The van der Waals surface area contributed by atoms with E-state index in [2.05, 4.69) is 9.97 Å². The van der Waals surface area contributed by atoms with Gasteiger partial charge in [-0.3, -0.25) is 4.79 Å². The number of nitrogens with one attached hydrogen (secondary N) is 1. The first-order valence-electron chi connectivity index (χ1n) is 5.37. The number of rotatable bonds is 3. The second-order valence-corrected chi connectivity index (χ2v) is 3.60. The van der Waals surface area contributed by atoms with Crippen LogP contribution in [0.15, 0.2) is 16.9 Å². The number of fused-ring (bicyclic) bond motifs is 1. The Labute approximate surface area is 98.4 Å². The lowest BCUT2D eigenvalue weighted by Crippen LogP contribution is -2.10. The van der Waals surface area contributed by atoms with Crippen LogP contribution in [0.5, 0.6) is 11.5 Å². The first-order valence-corrected chi connectivity index (χ1v) is 5.37. The molecule has 0 aliphatic rings. The van der Waals surface area contributed by atoms with Gasteiger partial charge in [0.2, 0.25) is 0 Å². The van der Waals surface area contributed by atoms with Crippen LogP contribution in [-0.4, -0.2) is 23.7 Å². The maximum absolute atomic E-state index is 11.8. The summed E-state index contributed by atoms with van der Waals surface area (Å²) in [5.74, 6) is 1.71. The van der Waals surface area contributed by atoms with Gasteiger partial charge in [0.1, 0.15) is 5.82 Å². The average molecular weight is 234 g/mol. The minimum atomic E-state index is -0.170. The smallest absolute Gasteiger partial charge is 0.258 e. The number of ether oxygens (including phenoxy) is 2. The molecule has 1 aromatic carbocycles. The zero-order valence-electron chi connectivity index (χ0n) is 10.0. The van der Waals surface area contributed by atoms with Gasteiger partial charge in [0.25, 0.3) is 5.56 Å². The molecule has 5 nitrogen and oxygen atoms in total. The summed E-state index contributed by atoms with van der Waals surface area (Å²) in [5, 5.41) is 0.500. The molecule has 0 radical (unpaired) electrons. The third-order valence-electron chi connectivity index (χ3n) is 2.41. The molecule has 5 heteroatoms. The van der Waals surface area contributed by atoms with Crippen LogP contribution in [0.4, 0.5) is 0 Å². The maximum atomic E-state index is 11.8. The third kappa shape index (κ3) is 2.08. The molecule has 0 aliphatic heterocycles. The summed E-state index contributed by atoms with van der Waals surface area (Å²) in [7, 11) is 1.56. The van der Waals surface area contributed by atoms with Crippen molar-refractivity contribution in [3.8, 4) is 11.5 Å². The third-order valence-corrected chi connectivity index (χ3v) is 2.41. The van der Waals surface area contributed by atoms with Crippen molar-refractivity contribution in [2.24, 2.45) is 0 Å². The average Bonchev–Trinajstić information content (AvgIpc) is 2.29. The molecule has 0 bridgehead atoms. The second-order valence-electron chi connectivity index (χ2n) is 3.60. The van der Waals surface area contributed by atoms with Gasteiger partial charge in [-0.1, -0.05) is 0 Å². The Balaban J connectivity index is 2.73. The van der Waals surface area contributed by atoms with Crippen LogP contribution in [0.3, 0.4) is 0 Å². The zero-order valence-corrected chi connectivity index (χ0v) is 10.0. The van der Waals surface area contributed by atoms with Crippen molar-refractivity contribution in [2.75, 3.05) is 13.7 Å². The molecule has 0 unspecified atom stereocenters. The Hall–Kier alpha value is -2.04. The fraction of sp³-hybridized carbons (Fsp3) is 0.333. The van der Waals surface area contributed by atoms with Gasteiger partial charge in [-0.2, -0.15) is 0 Å². The highest BCUT2D eigenvalue weighted by Gasteiger charge is 2.10. The highest BCUT2D eigenvalue weighted by Crippen LogP contribution is 2.30. The molecular weight excluding hydrogens is 220 g/mol. The van der Waals surface area contributed by atoms with Crippen LogP contribution in [0, 0.1) is 6.92 Å². The molecule has 0 spiro atoms. The predicted octanol–water partition coefficient (Wildman–Crippen LogP) is 1.64. The molecule has 0 amide bonds. The van der Waals surface area contributed by atoms with Gasteiger partial charge >= 0.3 is 0 Å². The van der Waals surface area contributed by atoms with Crippen molar-refractivity contribution in [1.82, 2.24) is 9.97 Å². The maximum Gasteiger partial charge on any atom is 0.258 e. The molecule has 17 heavy (non-hydrogen) atoms. The number of aromatic nitrogens is 2. The number of methoxy groups -OCH3 is 1. The van der Waals surface area contributed by atoms with Crippen LogP contribution < -0.4 is 15.0 Å². The van der Waals surface area contributed by atoms with E-state index in [1.54, 1.807) is 26.2 Å². The molecular formula is C12H14N2O3. The number of aryl methyl sites for hydroxylation is 1. The van der Waals surface area contributed by atoms with E-state index in [9.17, 15) is 4.79 Å². The SMILES string of the molecule is CCOc1cc2c(=O)[nH]c(C)nc2cc1OC. The second kappa shape index (κ2) is 4.45. The Morgan fingerprint density at radius 3 is 2.76 bits per heavy atom. The van der Waals surface area contributed by atoms with Gasteiger partial charge in [-0.15, -0.1) is 0 Å². The molecule has 2 rings (SSSR count). The molecule has 0 atom stereocenters. The van der Waals surface area contributed by atoms with E-state index in [1.807, 2.05) is 6.92 Å². The van der Waals surface area contributed by atoms with Crippen molar-refractivity contribution in [3.63, 3.8) is 0 Å². The summed E-state index contributed by atoms with van der Waals surface area (Å²) in [6.45, 7) is 4.13. The van der Waals surface area contributed by atoms with E-state index >= 15 is 0 Å². The van der Waals surface area contributed by atoms with Crippen LogP contribution in [0.25, 0.3) is 10.9 Å². The van der Waals surface area contributed by atoms with E-state index in [0.29, 0.717) is 34.8 Å². The molecule has 0 aliphatic carbocycles. The Morgan fingerprint density at radius 1 is 1.35 bits per heavy atom. The van der Waals surface area contributed by atoms with Crippen molar-refractivity contribution < 1.29 is 9.47 Å². The quantitative estimate of drug-likeness (QED) is 0.876. The molecule has 1 heterocycles. The monoisotopic (exact) mass is 234 g/mol. The number of H-pyrrole nitrogens is 1. The van der Waals surface area contributed by atoms with Crippen LogP contribution >= 0.6 is 0 Å². The van der Waals surface area contributed by atoms with Gasteiger partial charge in [0.05, 0.1) is 24.6 Å².